The molecule has 1 aromatic rings. The maximum atomic E-state index is 12.0. The lowest BCUT2D eigenvalue weighted by molar-refractivity contribution is 0.0958. The highest BCUT2D eigenvalue weighted by molar-refractivity contribution is 5.96. The normalized spacial score (nSPS) is 23.1. The molecule has 4 heteroatoms. The molecule has 0 bridgehead atoms. The zero-order valence-electron chi connectivity index (χ0n) is 9.62. The fourth-order valence-corrected chi connectivity index (χ4v) is 2.45. The molecule has 0 aliphatic heterocycles. The number of Topliss-reactive ketones (excluding diaryl/α,β-unsaturated/α-hetero) is 1. The molecule has 0 spiro atoms. The molecule has 2 unspecified atom stereocenters. The topological polar surface area (TPSA) is 65.8 Å². The molecule has 0 N–H and O–H groups in total. The first-order valence-electron chi connectivity index (χ1n) is 5.93. The predicted octanol–water partition coefficient (Wildman–Crippen LogP) is 3.74. The molecule has 1 aromatic carbocycles. The summed E-state index contributed by atoms with van der Waals surface area (Å²) in [5, 5.41) is 3.78. The lowest BCUT2D eigenvalue weighted by atomic mass is 9.94. The fourth-order valence-electron chi connectivity index (χ4n) is 2.45. The van der Waals surface area contributed by atoms with Crippen molar-refractivity contribution in [1.29, 1.82) is 0 Å². The Hall–Kier alpha value is -1.80. The molecular formula is C13H15N3O. The molecule has 1 aliphatic carbocycles. The Morgan fingerprint density at radius 2 is 2.12 bits per heavy atom. The minimum absolute atomic E-state index is 0.00709. The van der Waals surface area contributed by atoms with Gasteiger partial charge in [-0.3, -0.25) is 4.79 Å². The van der Waals surface area contributed by atoms with Gasteiger partial charge in [0.25, 0.3) is 0 Å². The Morgan fingerprint density at radius 1 is 1.35 bits per heavy atom. The van der Waals surface area contributed by atoms with E-state index < -0.39 is 0 Å². The molecule has 0 heterocycles. The van der Waals surface area contributed by atoms with Crippen LogP contribution in [0.15, 0.2) is 35.4 Å². The van der Waals surface area contributed by atoms with Crippen molar-refractivity contribution >= 4 is 5.78 Å². The van der Waals surface area contributed by atoms with E-state index in [0.29, 0.717) is 6.42 Å². The van der Waals surface area contributed by atoms with Crippen LogP contribution in [0.5, 0.6) is 0 Å². The van der Waals surface area contributed by atoms with Gasteiger partial charge in [0.05, 0.1) is 0 Å². The molecule has 4 nitrogen and oxygen atoms in total. The smallest absolute Gasteiger partial charge is 0.163 e. The summed E-state index contributed by atoms with van der Waals surface area (Å²) in [5.41, 5.74) is 9.22. The summed E-state index contributed by atoms with van der Waals surface area (Å²) >= 11 is 0. The highest BCUT2D eigenvalue weighted by Gasteiger charge is 2.28. The Kier molecular flexibility index (Phi) is 3.78. The highest BCUT2D eigenvalue weighted by Crippen LogP contribution is 2.31. The van der Waals surface area contributed by atoms with E-state index in [2.05, 4.69) is 10.0 Å². The van der Waals surface area contributed by atoms with E-state index in [1.54, 1.807) is 0 Å². The Balaban J connectivity index is 2.01. The molecule has 88 valence electrons. The SMILES string of the molecule is [N-]=[N+]=NC1CCCC1CC(=O)c1ccccc1. The molecular weight excluding hydrogens is 214 g/mol. The number of nitrogens with zero attached hydrogens (tertiary/aromatic N) is 3. The second-order valence-electron chi connectivity index (χ2n) is 4.46. The van der Waals surface area contributed by atoms with E-state index in [-0.39, 0.29) is 17.7 Å². The summed E-state index contributed by atoms with van der Waals surface area (Å²) in [6, 6.07) is 9.31. The van der Waals surface area contributed by atoms with E-state index >= 15 is 0 Å². The average molecular weight is 229 g/mol. The number of carbonyl (C=O) groups excluding carboxylic acids is 1. The van der Waals surface area contributed by atoms with Gasteiger partial charge in [0.1, 0.15) is 0 Å². The Morgan fingerprint density at radius 3 is 2.82 bits per heavy atom. The van der Waals surface area contributed by atoms with Crippen LogP contribution in [0.3, 0.4) is 0 Å². The monoisotopic (exact) mass is 229 g/mol. The van der Waals surface area contributed by atoms with Crippen LogP contribution in [0.25, 0.3) is 10.4 Å². The minimum Gasteiger partial charge on any atom is -0.294 e. The van der Waals surface area contributed by atoms with Crippen molar-refractivity contribution in [2.24, 2.45) is 11.0 Å². The van der Waals surface area contributed by atoms with E-state index in [4.69, 9.17) is 5.53 Å². The van der Waals surface area contributed by atoms with Crippen molar-refractivity contribution in [3.05, 3.63) is 46.3 Å². The van der Waals surface area contributed by atoms with Gasteiger partial charge in [-0.15, -0.1) is 0 Å². The maximum Gasteiger partial charge on any atom is 0.163 e. The van der Waals surface area contributed by atoms with Crippen molar-refractivity contribution in [2.45, 2.75) is 31.7 Å². The quantitative estimate of drug-likeness (QED) is 0.335. The second kappa shape index (κ2) is 5.51. The third kappa shape index (κ3) is 2.86. The first-order chi connectivity index (χ1) is 8.31. The van der Waals surface area contributed by atoms with Gasteiger partial charge in [-0.1, -0.05) is 41.9 Å². The van der Waals surface area contributed by atoms with Crippen LogP contribution in [-0.4, -0.2) is 11.8 Å². The third-order valence-electron chi connectivity index (χ3n) is 3.36. The van der Waals surface area contributed by atoms with Crippen molar-refractivity contribution in [3.63, 3.8) is 0 Å². The molecule has 2 atom stereocenters. The van der Waals surface area contributed by atoms with Crippen LogP contribution in [-0.2, 0) is 0 Å². The summed E-state index contributed by atoms with van der Waals surface area (Å²) in [5.74, 6) is 0.370. The standard InChI is InChI=1S/C13H15N3O/c14-16-15-12-8-4-7-11(12)9-13(17)10-5-2-1-3-6-10/h1-3,5-6,11-12H,4,7-9H2. The van der Waals surface area contributed by atoms with E-state index in [9.17, 15) is 4.79 Å². The van der Waals surface area contributed by atoms with Crippen LogP contribution in [0.4, 0.5) is 0 Å². The number of benzene rings is 1. The zero-order valence-corrected chi connectivity index (χ0v) is 9.62. The van der Waals surface area contributed by atoms with E-state index in [1.807, 2.05) is 30.3 Å². The van der Waals surface area contributed by atoms with Crippen LogP contribution < -0.4 is 0 Å². The number of azide groups is 1. The minimum atomic E-state index is 0.00709. The van der Waals surface area contributed by atoms with Gasteiger partial charge in [-0.25, -0.2) is 0 Å². The molecule has 1 aliphatic rings. The van der Waals surface area contributed by atoms with Crippen LogP contribution in [0.1, 0.15) is 36.0 Å². The van der Waals surface area contributed by atoms with Crippen molar-refractivity contribution in [3.8, 4) is 0 Å². The second-order valence-corrected chi connectivity index (χ2v) is 4.46. The lowest BCUT2D eigenvalue weighted by Crippen LogP contribution is -2.15. The molecule has 17 heavy (non-hydrogen) atoms. The third-order valence-corrected chi connectivity index (χ3v) is 3.36. The highest BCUT2D eigenvalue weighted by atomic mass is 16.1. The van der Waals surface area contributed by atoms with Crippen LogP contribution in [0, 0.1) is 5.92 Å². The van der Waals surface area contributed by atoms with Gasteiger partial charge in [0.2, 0.25) is 0 Å². The van der Waals surface area contributed by atoms with Crippen LogP contribution >= 0.6 is 0 Å². The van der Waals surface area contributed by atoms with Gasteiger partial charge in [0, 0.05) is 22.9 Å². The number of rotatable bonds is 4. The Bertz CT molecular complexity index is 437. The van der Waals surface area contributed by atoms with Crippen molar-refractivity contribution in [1.82, 2.24) is 0 Å². The van der Waals surface area contributed by atoms with Gasteiger partial charge in [-0.05, 0) is 24.3 Å². The summed E-state index contributed by atoms with van der Waals surface area (Å²) in [6.07, 6.45) is 3.45. The van der Waals surface area contributed by atoms with Gasteiger partial charge >= 0.3 is 0 Å². The maximum absolute atomic E-state index is 12.0. The Labute approximate surface area is 100 Å². The molecule has 0 saturated heterocycles. The molecule has 2 rings (SSSR count). The summed E-state index contributed by atoms with van der Waals surface area (Å²) in [7, 11) is 0. The lowest BCUT2D eigenvalue weighted by Gasteiger charge is -2.13. The zero-order chi connectivity index (χ0) is 12.1. The summed E-state index contributed by atoms with van der Waals surface area (Å²) in [6.45, 7) is 0. The molecule has 1 saturated carbocycles. The van der Waals surface area contributed by atoms with E-state index in [1.165, 1.54) is 0 Å². The predicted molar refractivity (Wildman–Crippen MR) is 65.7 cm³/mol. The molecule has 0 aromatic heterocycles. The number of hydrogen-bond acceptors (Lipinski definition) is 2. The van der Waals surface area contributed by atoms with E-state index in [0.717, 1.165) is 24.8 Å². The largest absolute Gasteiger partial charge is 0.294 e. The van der Waals surface area contributed by atoms with Gasteiger partial charge in [0.15, 0.2) is 5.78 Å². The molecule has 0 radical (unpaired) electrons. The van der Waals surface area contributed by atoms with Gasteiger partial charge in [-0.2, -0.15) is 0 Å². The number of carbonyl (C=O) groups is 1. The fraction of sp³-hybridized carbons (Fsp3) is 0.462. The van der Waals surface area contributed by atoms with Gasteiger partial charge < -0.3 is 0 Å². The van der Waals surface area contributed by atoms with Crippen molar-refractivity contribution in [2.75, 3.05) is 0 Å². The average Bonchev–Trinajstić information content (AvgIpc) is 2.78. The summed E-state index contributed by atoms with van der Waals surface area (Å²) < 4.78 is 0. The van der Waals surface area contributed by atoms with Crippen molar-refractivity contribution < 1.29 is 4.79 Å². The molecule has 1 fully saturated rings. The number of ketones is 1. The first-order valence-corrected chi connectivity index (χ1v) is 5.93. The molecule has 0 amide bonds. The first kappa shape index (κ1) is 11.7. The number of hydrogen-bond donors (Lipinski definition) is 0. The van der Waals surface area contributed by atoms with Crippen LogP contribution in [0.2, 0.25) is 0 Å². The summed E-state index contributed by atoms with van der Waals surface area (Å²) in [4.78, 5) is 14.9.